The minimum atomic E-state index is -0.835. The predicted octanol–water partition coefficient (Wildman–Crippen LogP) is -0.127. The zero-order valence-corrected chi connectivity index (χ0v) is 9.80. The molecule has 0 bridgehead atoms. The lowest BCUT2D eigenvalue weighted by molar-refractivity contribution is 0.0953. The van der Waals surface area contributed by atoms with Crippen molar-refractivity contribution in [1.82, 2.24) is 10.3 Å². The second kappa shape index (κ2) is 6.22. The first-order valence-electron chi connectivity index (χ1n) is 4.86. The summed E-state index contributed by atoms with van der Waals surface area (Å²) in [5.41, 5.74) is 0.0312. The van der Waals surface area contributed by atoms with Crippen LogP contribution >= 0.6 is 0 Å². The summed E-state index contributed by atoms with van der Waals surface area (Å²) in [6.07, 6.45) is 3.72. The van der Waals surface area contributed by atoms with E-state index in [0.29, 0.717) is 24.3 Å². The Bertz CT molecular complexity index is 442. The van der Waals surface area contributed by atoms with E-state index < -0.39 is 10.8 Å². The molecule has 0 aliphatic rings. The lowest BCUT2D eigenvalue weighted by Crippen LogP contribution is -2.26. The number of pyridine rings is 1. The number of carbonyl (C=O) groups excluding carboxylic acids is 1. The summed E-state index contributed by atoms with van der Waals surface area (Å²) >= 11 is 0. The van der Waals surface area contributed by atoms with Crippen molar-refractivity contribution in [1.29, 1.82) is 0 Å². The minimum absolute atomic E-state index is 0.284. The van der Waals surface area contributed by atoms with Gasteiger partial charge in [0.05, 0.1) is 0 Å². The Morgan fingerprint density at radius 1 is 1.56 bits per heavy atom. The van der Waals surface area contributed by atoms with Gasteiger partial charge in [-0.1, -0.05) is 0 Å². The van der Waals surface area contributed by atoms with Crippen LogP contribution in [0.15, 0.2) is 23.1 Å². The standard InChI is InChI=1S/C10H14N2O3S/c1-16(15)6-2-4-12-10(14)8-3-5-11-9(13)7-8/h3,5,7H,2,4,6H2,1H3,(H,11,13)(H,12,14). The molecule has 88 valence electrons. The van der Waals surface area contributed by atoms with Gasteiger partial charge in [0.25, 0.3) is 5.91 Å². The van der Waals surface area contributed by atoms with Gasteiger partial charge in [0.2, 0.25) is 5.56 Å². The molecule has 0 saturated carbocycles. The molecule has 0 radical (unpaired) electrons. The van der Waals surface area contributed by atoms with E-state index in [4.69, 9.17) is 0 Å². The van der Waals surface area contributed by atoms with Crippen LogP contribution in [-0.2, 0) is 10.8 Å². The summed E-state index contributed by atoms with van der Waals surface area (Å²) in [4.78, 5) is 24.9. The van der Waals surface area contributed by atoms with Gasteiger partial charge in [0, 0.05) is 47.2 Å². The first-order valence-corrected chi connectivity index (χ1v) is 6.59. The third-order valence-corrected chi connectivity index (χ3v) is 2.79. The van der Waals surface area contributed by atoms with E-state index in [1.807, 2.05) is 0 Å². The van der Waals surface area contributed by atoms with Gasteiger partial charge in [-0.15, -0.1) is 0 Å². The highest BCUT2D eigenvalue weighted by molar-refractivity contribution is 7.84. The summed E-state index contributed by atoms with van der Waals surface area (Å²) in [5.74, 6) is 0.281. The van der Waals surface area contributed by atoms with Crippen molar-refractivity contribution >= 4 is 16.7 Å². The summed E-state index contributed by atoms with van der Waals surface area (Å²) in [6.45, 7) is 0.464. The molecule has 6 heteroatoms. The van der Waals surface area contributed by atoms with Crippen molar-refractivity contribution in [3.05, 3.63) is 34.2 Å². The van der Waals surface area contributed by atoms with Crippen LogP contribution in [0.5, 0.6) is 0 Å². The number of rotatable bonds is 5. The van der Waals surface area contributed by atoms with Crippen molar-refractivity contribution < 1.29 is 9.00 Å². The van der Waals surface area contributed by atoms with Gasteiger partial charge < -0.3 is 10.3 Å². The Labute approximate surface area is 95.7 Å². The quantitative estimate of drug-likeness (QED) is 0.706. The van der Waals surface area contributed by atoms with Crippen LogP contribution in [0.3, 0.4) is 0 Å². The van der Waals surface area contributed by atoms with E-state index in [0.717, 1.165) is 0 Å². The SMILES string of the molecule is CS(=O)CCCNC(=O)c1cc[nH]c(=O)c1. The molecule has 0 saturated heterocycles. The topological polar surface area (TPSA) is 79.0 Å². The van der Waals surface area contributed by atoms with Gasteiger partial charge in [-0.05, 0) is 12.5 Å². The Morgan fingerprint density at radius 3 is 2.94 bits per heavy atom. The molecule has 1 rings (SSSR count). The molecule has 0 fully saturated rings. The van der Waals surface area contributed by atoms with E-state index in [-0.39, 0.29) is 11.5 Å². The second-order valence-corrected chi connectivity index (χ2v) is 4.88. The van der Waals surface area contributed by atoms with Gasteiger partial charge in [0.1, 0.15) is 0 Å². The molecule has 1 unspecified atom stereocenters. The molecule has 2 N–H and O–H groups in total. The molecule has 1 aromatic rings. The van der Waals surface area contributed by atoms with Gasteiger partial charge in [-0.3, -0.25) is 13.8 Å². The summed E-state index contributed by atoms with van der Waals surface area (Å²) in [7, 11) is -0.835. The molecular formula is C10H14N2O3S. The molecule has 5 nitrogen and oxygen atoms in total. The van der Waals surface area contributed by atoms with E-state index >= 15 is 0 Å². The summed E-state index contributed by atoms with van der Waals surface area (Å²) in [5, 5.41) is 2.66. The molecule has 1 aromatic heterocycles. The van der Waals surface area contributed by atoms with E-state index in [1.54, 1.807) is 6.26 Å². The summed E-state index contributed by atoms with van der Waals surface area (Å²) < 4.78 is 10.8. The Kier molecular flexibility index (Phi) is 4.91. The molecule has 16 heavy (non-hydrogen) atoms. The fraction of sp³-hybridized carbons (Fsp3) is 0.400. The lowest BCUT2D eigenvalue weighted by atomic mass is 10.2. The highest BCUT2D eigenvalue weighted by atomic mass is 32.2. The van der Waals surface area contributed by atoms with Gasteiger partial charge in [-0.2, -0.15) is 0 Å². The van der Waals surface area contributed by atoms with Crippen molar-refractivity contribution in [2.24, 2.45) is 0 Å². The average molecular weight is 242 g/mol. The molecule has 1 atom stereocenters. The monoisotopic (exact) mass is 242 g/mol. The van der Waals surface area contributed by atoms with Crippen LogP contribution < -0.4 is 10.9 Å². The van der Waals surface area contributed by atoms with E-state index in [2.05, 4.69) is 10.3 Å². The third-order valence-electron chi connectivity index (χ3n) is 1.93. The Hall–Kier alpha value is -1.43. The number of hydrogen-bond acceptors (Lipinski definition) is 3. The van der Waals surface area contributed by atoms with E-state index in [9.17, 15) is 13.8 Å². The van der Waals surface area contributed by atoms with Gasteiger partial charge >= 0.3 is 0 Å². The molecule has 0 aliphatic heterocycles. The normalized spacial score (nSPS) is 12.1. The largest absolute Gasteiger partial charge is 0.352 e. The van der Waals surface area contributed by atoms with Gasteiger partial charge in [0.15, 0.2) is 0 Å². The molecule has 0 aromatic carbocycles. The van der Waals surface area contributed by atoms with Crippen molar-refractivity contribution in [3.8, 4) is 0 Å². The number of carbonyl (C=O) groups is 1. The van der Waals surface area contributed by atoms with E-state index in [1.165, 1.54) is 18.3 Å². The zero-order chi connectivity index (χ0) is 12.0. The fourth-order valence-corrected chi connectivity index (χ4v) is 1.72. The maximum Gasteiger partial charge on any atom is 0.251 e. The van der Waals surface area contributed by atoms with Crippen molar-refractivity contribution in [3.63, 3.8) is 0 Å². The summed E-state index contributed by atoms with van der Waals surface area (Å²) in [6, 6.07) is 2.78. The first kappa shape index (κ1) is 12.6. The van der Waals surface area contributed by atoms with Crippen molar-refractivity contribution in [2.45, 2.75) is 6.42 Å². The second-order valence-electron chi connectivity index (χ2n) is 3.33. The lowest BCUT2D eigenvalue weighted by Gasteiger charge is -2.03. The van der Waals surface area contributed by atoms with Crippen LogP contribution in [0, 0.1) is 0 Å². The van der Waals surface area contributed by atoms with Crippen LogP contribution in [0.4, 0.5) is 0 Å². The number of aromatic amines is 1. The predicted molar refractivity (Wildman–Crippen MR) is 62.9 cm³/mol. The number of H-pyrrole nitrogens is 1. The zero-order valence-electron chi connectivity index (χ0n) is 8.99. The van der Waals surface area contributed by atoms with Gasteiger partial charge in [-0.25, -0.2) is 0 Å². The number of aromatic nitrogens is 1. The average Bonchev–Trinajstić information content (AvgIpc) is 2.24. The highest BCUT2D eigenvalue weighted by Gasteiger charge is 2.04. The first-order chi connectivity index (χ1) is 7.59. The molecule has 0 spiro atoms. The number of hydrogen-bond donors (Lipinski definition) is 2. The maximum atomic E-state index is 11.5. The molecular weight excluding hydrogens is 228 g/mol. The van der Waals surface area contributed by atoms with Crippen LogP contribution in [0.25, 0.3) is 0 Å². The number of amides is 1. The Balaban J connectivity index is 2.41. The van der Waals surface area contributed by atoms with Crippen LogP contribution in [0.2, 0.25) is 0 Å². The highest BCUT2D eigenvalue weighted by Crippen LogP contribution is 1.92. The molecule has 1 heterocycles. The minimum Gasteiger partial charge on any atom is -0.352 e. The fourth-order valence-electron chi connectivity index (χ4n) is 1.17. The van der Waals surface area contributed by atoms with Crippen molar-refractivity contribution in [2.75, 3.05) is 18.6 Å². The maximum absolute atomic E-state index is 11.5. The van der Waals surface area contributed by atoms with Crippen LogP contribution in [0.1, 0.15) is 16.8 Å². The smallest absolute Gasteiger partial charge is 0.251 e. The molecule has 1 amide bonds. The van der Waals surface area contributed by atoms with Crippen LogP contribution in [-0.4, -0.2) is 33.7 Å². The Morgan fingerprint density at radius 2 is 2.31 bits per heavy atom. The molecule has 0 aliphatic carbocycles. The third kappa shape index (κ3) is 4.39. The number of nitrogens with one attached hydrogen (secondary N) is 2.